The lowest BCUT2D eigenvalue weighted by Gasteiger charge is -2.37. The molecule has 1 aliphatic rings. The molecule has 0 N–H and O–H groups in total. The molecule has 0 unspecified atom stereocenters. The number of hydrogen-bond acceptors (Lipinski definition) is 4. The van der Waals surface area contributed by atoms with Gasteiger partial charge in [0.05, 0.1) is 19.3 Å². The topological polar surface area (TPSA) is 48.0 Å². The molecule has 0 saturated heterocycles. The molecular formula is C22H33NO4. The summed E-state index contributed by atoms with van der Waals surface area (Å²) >= 11 is 0. The Kier molecular flexibility index (Phi) is 7.87. The SMILES string of the molecule is CCCC[C@@H]1C=C(C)[C@@H](COCc2ccccc2)ON1C(=O)OC(C)(C)C. The van der Waals surface area contributed by atoms with E-state index in [-0.39, 0.29) is 12.1 Å². The van der Waals surface area contributed by atoms with Crippen molar-refractivity contribution in [2.24, 2.45) is 0 Å². The molecule has 1 aliphatic heterocycles. The average molecular weight is 376 g/mol. The summed E-state index contributed by atoms with van der Waals surface area (Å²) in [5, 5.41) is 1.39. The van der Waals surface area contributed by atoms with E-state index in [1.807, 2.05) is 58.0 Å². The largest absolute Gasteiger partial charge is 0.442 e. The Morgan fingerprint density at radius 2 is 1.93 bits per heavy atom. The first-order chi connectivity index (χ1) is 12.8. The third kappa shape index (κ3) is 7.00. The fourth-order valence-corrected chi connectivity index (χ4v) is 2.90. The third-order valence-corrected chi connectivity index (χ3v) is 4.31. The van der Waals surface area contributed by atoms with Crippen molar-refractivity contribution in [2.75, 3.05) is 6.61 Å². The number of hydrogen-bond donors (Lipinski definition) is 0. The van der Waals surface area contributed by atoms with Gasteiger partial charge >= 0.3 is 6.09 Å². The van der Waals surface area contributed by atoms with Crippen LogP contribution in [0.3, 0.4) is 0 Å². The molecule has 0 saturated carbocycles. The van der Waals surface area contributed by atoms with Crippen molar-refractivity contribution in [3.8, 4) is 0 Å². The van der Waals surface area contributed by atoms with Crippen LogP contribution in [0.4, 0.5) is 4.79 Å². The van der Waals surface area contributed by atoms with Crippen molar-refractivity contribution in [1.29, 1.82) is 0 Å². The highest BCUT2D eigenvalue weighted by Crippen LogP contribution is 2.26. The predicted molar refractivity (Wildman–Crippen MR) is 106 cm³/mol. The molecule has 0 bridgehead atoms. The van der Waals surface area contributed by atoms with Gasteiger partial charge in [-0.05, 0) is 45.3 Å². The van der Waals surface area contributed by atoms with E-state index in [9.17, 15) is 4.79 Å². The Bertz CT molecular complexity index is 621. The summed E-state index contributed by atoms with van der Waals surface area (Å²) in [6.07, 6.45) is 4.31. The van der Waals surface area contributed by atoms with Crippen LogP contribution in [0.15, 0.2) is 42.0 Å². The van der Waals surface area contributed by atoms with E-state index in [1.54, 1.807) is 0 Å². The summed E-state index contributed by atoms with van der Waals surface area (Å²) in [5.41, 5.74) is 1.63. The maximum Gasteiger partial charge on any atom is 0.435 e. The number of carbonyl (C=O) groups excluding carboxylic acids is 1. The van der Waals surface area contributed by atoms with Crippen LogP contribution in [0.5, 0.6) is 0 Å². The number of rotatable bonds is 7. The molecule has 27 heavy (non-hydrogen) atoms. The first-order valence-corrected chi connectivity index (χ1v) is 9.79. The summed E-state index contributed by atoms with van der Waals surface area (Å²) in [4.78, 5) is 18.7. The Morgan fingerprint density at radius 1 is 1.22 bits per heavy atom. The lowest BCUT2D eigenvalue weighted by molar-refractivity contribution is -0.206. The van der Waals surface area contributed by atoms with Gasteiger partial charge in [-0.2, -0.15) is 5.06 Å². The molecule has 150 valence electrons. The molecule has 1 amide bonds. The molecule has 1 heterocycles. The first-order valence-electron chi connectivity index (χ1n) is 9.79. The van der Waals surface area contributed by atoms with Crippen molar-refractivity contribution < 1.29 is 19.1 Å². The summed E-state index contributed by atoms with van der Waals surface area (Å²) in [7, 11) is 0. The Labute approximate surface area is 163 Å². The van der Waals surface area contributed by atoms with Crippen molar-refractivity contribution >= 4 is 6.09 Å². The molecule has 0 aliphatic carbocycles. The van der Waals surface area contributed by atoms with E-state index < -0.39 is 11.7 Å². The molecule has 0 aromatic heterocycles. The molecule has 5 heteroatoms. The van der Waals surface area contributed by atoms with E-state index in [0.717, 1.165) is 30.4 Å². The van der Waals surface area contributed by atoms with Crippen LogP contribution in [0.25, 0.3) is 0 Å². The molecule has 5 nitrogen and oxygen atoms in total. The van der Waals surface area contributed by atoms with Gasteiger partial charge in [0, 0.05) is 0 Å². The summed E-state index contributed by atoms with van der Waals surface area (Å²) < 4.78 is 11.4. The van der Waals surface area contributed by atoms with E-state index in [0.29, 0.717) is 13.2 Å². The highest BCUT2D eigenvalue weighted by molar-refractivity contribution is 5.68. The lowest BCUT2D eigenvalue weighted by atomic mass is 10.0. The van der Waals surface area contributed by atoms with Crippen molar-refractivity contribution in [2.45, 2.75) is 78.2 Å². The monoisotopic (exact) mass is 375 g/mol. The number of hydroxylamine groups is 2. The minimum atomic E-state index is -0.564. The molecule has 0 fully saturated rings. The van der Waals surface area contributed by atoms with E-state index in [4.69, 9.17) is 14.3 Å². The first kappa shape index (κ1) is 21.5. The second-order valence-corrected chi connectivity index (χ2v) is 8.02. The Balaban J connectivity index is 2.02. The third-order valence-electron chi connectivity index (χ3n) is 4.31. The van der Waals surface area contributed by atoms with Gasteiger partial charge in [0.25, 0.3) is 0 Å². The smallest absolute Gasteiger partial charge is 0.435 e. The standard InChI is InChI=1S/C22H33NO4/c1-6-7-13-19-14-17(2)20(16-25-15-18-11-9-8-10-12-18)27-23(19)21(24)26-22(3,4)5/h8-12,14,19-20H,6-7,13,15-16H2,1-5H3/t19-,20-/m1/s1. The molecular weight excluding hydrogens is 342 g/mol. The second-order valence-electron chi connectivity index (χ2n) is 8.02. The number of ether oxygens (including phenoxy) is 2. The van der Waals surface area contributed by atoms with Crippen LogP contribution in [-0.2, 0) is 20.9 Å². The molecule has 1 aromatic rings. The molecule has 0 spiro atoms. The zero-order chi connectivity index (χ0) is 19.9. The Morgan fingerprint density at radius 3 is 2.56 bits per heavy atom. The molecule has 2 rings (SSSR count). The summed E-state index contributed by atoms with van der Waals surface area (Å²) in [5.74, 6) is 0. The van der Waals surface area contributed by atoms with Gasteiger partial charge in [0.2, 0.25) is 0 Å². The highest BCUT2D eigenvalue weighted by Gasteiger charge is 2.34. The lowest BCUT2D eigenvalue weighted by Crippen LogP contribution is -2.48. The van der Waals surface area contributed by atoms with E-state index in [2.05, 4.69) is 13.0 Å². The van der Waals surface area contributed by atoms with Crippen LogP contribution in [0.1, 0.15) is 59.4 Å². The van der Waals surface area contributed by atoms with Gasteiger partial charge < -0.3 is 9.47 Å². The number of nitrogens with zero attached hydrogens (tertiary/aromatic N) is 1. The van der Waals surface area contributed by atoms with Crippen LogP contribution in [0, 0.1) is 0 Å². The van der Waals surface area contributed by atoms with Gasteiger partial charge in [0.15, 0.2) is 0 Å². The van der Waals surface area contributed by atoms with Crippen LogP contribution in [0.2, 0.25) is 0 Å². The van der Waals surface area contributed by atoms with Crippen molar-refractivity contribution in [3.63, 3.8) is 0 Å². The normalized spacial score (nSPS) is 20.3. The maximum atomic E-state index is 12.6. The molecule has 2 atom stereocenters. The maximum absolute atomic E-state index is 12.6. The molecule has 0 radical (unpaired) electrons. The quantitative estimate of drug-likeness (QED) is 0.610. The predicted octanol–water partition coefficient (Wildman–Crippen LogP) is 5.26. The fourth-order valence-electron chi connectivity index (χ4n) is 2.90. The fraction of sp³-hybridized carbons (Fsp3) is 0.591. The average Bonchev–Trinajstić information content (AvgIpc) is 2.60. The summed E-state index contributed by atoms with van der Waals surface area (Å²) in [6, 6.07) is 9.91. The summed E-state index contributed by atoms with van der Waals surface area (Å²) in [6.45, 7) is 10.6. The number of amides is 1. The van der Waals surface area contributed by atoms with Crippen LogP contribution in [-0.4, -0.2) is 35.5 Å². The minimum Gasteiger partial charge on any atom is -0.442 e. The number of carbonyl (C=O) groups is 1. The number of benzene rings is 1. The van der Waals surface area contributed by atoms with E-state index in [1.165, 1.54) is 5.06 Å². The molecule has 1 aromatic carbocycles. The van der Waals surface area contributed by atoms with Gasteiger partial charge in [-0.15, -0.1) is 0 Å². The van der Waals surface area contributed by atoms with Gasteiger partial charge in [-0.25, -0.2) is 4.79 Å². The van der Waals surface area contributed by atoms with Crippen molar-refractivity contribution in [3.05, 3.63) is 47.5 Å². The Hall–Kier alpha value is -1.85. The number of unbranched alkanes of at least 4 members (excludes halogenated alkanes) is 1. The highest BCUT2D eigenvalue weighted by atomic mass is 16.7. The zero-order valence-corrected chi connectivity index (χ0v) is 17.2. The van der Waals surface area contributed by atoms with Crippen LogP contribution < -0.4 is 0 Å². The van der Waals surface area contributed by atoms with Crippen LogP contribution >= 0.6 is 0 Å². The minimum absolute atomic E-state index is 0.106. The zero-order valence-electron chi connectivity index (χ0n) is 17.2. The second kappa shape index (κ2) is 9.90. The van der Waals surface area contributed by atoms with Gasteiger partial charge in [0.1, 0.15) is 11.7 Å². The van der Waals surface area contributed by atoms with E-state index >= 15 is 0 Å². The van der Waals surface area contributed by atoms with Gasteiger partial charge in [-0.3, -0.25) is 4.84 Å². The van der Waals surface area contributed by atoms with Gasteiger partial charge in [-0.1, -0.05) is 56.2 Å². The van der Waals surface area contributed by atoms with Crippen molar-refractivity contribution in [1.82, 2.24) is 5.06 Å².